The van der Waals surface area contributed by atoms with Crippen molar-refractivity contribution >= 4 is 11.0 Å². The number of methoxy groups -OCH3 is 2. The van der Waals surface area contributed by atoms with Gasteiger partial charge in [0.2, 0.25) is 11.3 Å². The number of hydrogen-bond acceptors (Lipinski definition) is 6. The quantitative estimate of drug-likeness (QED) is 0.734. The van der Waals surface area contributed by atoms with Gasteiger partial charge in [0.1, 0.15) is 11.8 Å². The van der Waals surface area contributed by atoms with E-state index in [1.54, 1.807) is 24.3 Å². The SMILES string of the molecule is COc1cc(-c2coc3ccccc3c2=O)nc(OC)n1. The second-order valence-corrected chi connectivity index (χ2v) is 4.26. The van der Waals surface area contributed by atoms with Crippen LogP contribution in [-0.2, 0) is 0 Å². The Labute approximate surface area is 120 Å². The Morgan fingerprint density at radius 2 is 1.90 bits per heavy atom. The number of nitrogens with zero attached hydrogens (tertiary/aromatic N) is 2. The summed E-state index contributed by atoms with van der Waals surface area (Å²) in [5.74, 6) is 0.310. The van der Waals surface area contributed by atoms with Crippen molar-refractivity contribution in [1.29, 1.82) is 0 Å². The van der Waals surface area contributed by atoms with Crippen molar-refractivity contribution in [2.24, 2.45) is 0 Å². The summed E-state index contributed by atoms with van der Waals surface area (Å²) in [6.45, 7) is 0. The number of benzene rings is 1. The van der Waals surface area contributed by atoms with Crippen LogP contribution in [0, 0.1) is 0 Å². The van der Waals surface area contributed by atoms with E-state index >= 15 is 0 Å². The standard InChI is InChI=1S/C15H12N2O4/c1-19-13-7-11(16-15(17-13)20-2)10-8-21-12-6-4-3-5-9(12)14(10)18/h3-8H,1-2H3. The van der Waals surface area contributed by atoms with Gasteiger partial charge in [-0.3, -0.25) is 4.79 Å². The Morgan fingerprint density at radius 3 is 2.67 bits per heavy atom. The molecule has 0 aliphatic heterocycles. The molecule has 106 valence electrons. The highest BCUT2D eigenvalue weighted by atomic mass is 16.5. The van der Waals surface area contributed by atoms with E-state index < -0.39 is 0 Å². The predicted octanol–water partition coefficient (Wildman–Crippen LogP) is 2.27. The number of para-hydroxylation sites is 1. The molecule has 0 unspecified atom stereocenters. The van der Waals surface area contributed by atoms with Gasteiger partial charge in [0.15, 0.2) is 0 Å². The van der Waals surface area contributed by atoms with Crippen molar-refractivity contribution in [2.75, 3.05) is 14.2 Å². The molecule has 2 aromatic heterocycles. The maximum atomic E-state index is 12.5. The van der Waals surface area contributed by atoms with Crippen LogP contribution in [0.25, 0.3) is 22.2 Å². The van der Waals surface area contributed by atoms with E-state index in [2.05, 4.69) is 9.97 Å². The molecular formula is C15H12N2O4. The summed E-state index contributed by atoms with van der Waals surface area (Å²) in [7, 11) is 2.93. The Hall–Kier alpha value is -2.89. The van der Waals surface area contributed by atoms with Gasteiger partial charge in [-0.05, 0) is 12.1 Å². The fourth-order valence-corrected chi connectivity index (χ4v) is 1.99. The molecule has 0 atom stereocenters. The molecule has 0 fully saturated rings. The molecule has 1 aromatic carbocycles. The maximum Gasteiger partial charge on any atom is 0.320 e. The smallest absolute Gasteiger partial charge is 0.320 e. The van der Waals surface area contributed by atoms with E-state index in [1.807, 2.05) is 6.07 Å². The predicted molar refractivity (Wildman–Crippen MR) is 76.6 cm³/mol. The summed E-state index contributed by atoms with van der Waals surface area (Å²) >= 11 is 0. The Bertz CT molecular complexity index is 835. The molecule has 0 N–H and O–H groups in total. The van der Waals surface area contributed by atoms with Crippen LogP contribution < -0.4 is 14.9 Å². The molecule has 6 heteroatoms. The molecule has 21 heavy (non-hydrogen) atoms. The second-order valence-electron chi connectivity index (χ2n) is 4.26. The zero-order valence-corrected chi connectivity index (χ0v) is 11.5. The van der Waals surface area contributed by atoms with Crippen molar-refractivity contribution in [1.82, 2.24) is 9.97 Å². The van der Waals surface area contributed by atoms with Crippen LogP contribution >= 0.6 is 0 Å². The highest BCUT2D eigenvalue weighted by molar-refractivity contribution is 5.80. The number of aromatic nitrogens is 2. The van der Waals surface area contributed by atoms with Crippen molar-refractivity contribution in [3.8, 4) is 23.1 Å². The highest BCUT2D eigenvalue weighted by Crippen LogP contribution is 2.22. The first-order valence-electron chi connectivity index (χ1n) is 6.21. The van der Waals surface area contributed by atoms with Gasteiger partial charge in [-0.15, -0.1) is 0 Å². The summed E-state index contributed by atoms with van der Waals surface area (Å²) in [5.41, 5.74) is 1.07. The Kier molecular flexibility index (Phi) is 3.27. The first kappa shape index (κ1) is 13.1. The van der Waals surface area contributed by atoms with E-state index in [0.29, 0.717) is 28.1 Å². The first-order chi connectivity index (χ1) is 10.2. The summed E-state index contributed by atoms with van der Waals surface area (Å²) in [6.07, 6.45) is 1.38. The maximum absolute atomic E-state index is 12.5. The second kappa shape index (κ2) is 5.24. The number of rotatable bonds is 3. The molecule has 3 rings (SSSR count). The van der Waals surface area contributed by atoms with Crippen LogP contribution in [0.2, 0.25) is 0 Å². The summed E-state index contributed by atoms with van der Waals surface area (Å²) in [5, 5.41) is 0.492. The van der Waals surface area contributed by atoms with Gasteiger partial charge in [-0.1, -0.05) is 12.1 Å². The minimum absolute atomic E-state index is 0.122. The first-order valence-corrected chi connectivity index (χ1v) is 6.21. The number of ether oxygens (including phenoxy) is 2. The van der Waals surface area contributed by atoms with E-state index in [9.17, 15) is 4.79 Å². The molecule has 2 heterocycles. The van der Waals surface area contributed by atoms with Crippen LogP contribution in [0.4, 0.5) is 0 Å². The van der Waals surface area contributed by atoms with Gasteiger partial charge in [0.05, 0.1) is 30.9 Å². The summed E-state index contributed by atoms with van der Waals surface area (Å²) < 4.78 is 15.6. The molecule has 0 aliphatic carbocycles. The van der Waals surface area contributed by atoms with Crippen LogP contribution in [0.1, 0.15) is 0 Å². The lowest BCUT2D eigenvalue weighted by Crippen LogP contribution is -2.07. The van der Waals surface area contributed by atoms with Crippen molar-refractivity contribution in [3.63, 3.8) is 0 Å². The molecule has 0 aliphatic rings. The Balaban J connectivity index is 2.25. The van der Waals surface area contributed by atoms with Gasteiger partial charge >= 0.3 is 6.01 Å². The monoisotopic (exact) mass is 284 g/mol. The fourth-order valence-electron chi connectivity index (χ4n) is 1.99. The van der Waals surface area contributed by atoms with E-state index in [1.165, 1.54) is 20.5 Å². The molecule has 0 amide bonds. The van der Waals surface area contributed by atoms with E-state index in [0.717, 1.165) is 0 Å². The van der Waals surface area contributed by atoms with Gasteiger partial charge in [0, 0.05) is 6.07 Å². The molecule has 3 aromatic rings. The minimum atomic E-state index is -0.167. The van der Waals surface area contributed by atoms with Crippen LogP contribution in [-0.4, -0.2) is 24.2 Å². The average molecular weight is 284 g/mol. The van der Waals surface area contributed by atoms with Crippen LogP contribution in [0.3, 0.4) is 0 Å². The van der Waals surface area contributed by atoms with Crippen LogP contribution in [0.15, 0.2) is 45.8 Å². The lowest BCUT2D eigenvalue weighted by atomic mass is 10.1. The van der Waals surface area contributed by atoms with Crippen molar-refractivity contribution < 1.29 is 13.9 Å². The van der Waals surface area contributed by atoms with Crippen molar-refractivity contribution in [2.45, 2.75) is 0 Å². The third-order valence-corrected chi connectivity index (χ3v) is 3.03. The Morgan fingerprint density at radius 1 is 1.10 bits per heavy atom. The lowest BCUT2D eigenvalue weighted by molar-refractivity contribution is 0.352. The molecular weight excluding hydrogens is 272 g/mol. The fraction of sp³-hybridized carbons (Fsp3) is 0.133. The third-order valence-electron chi connectivity index (χ3n) is 3.03. The highest BCUT2D eigenvalue weighted by Gasteiger charge is 2.13. The van der Waals surface area contributed by atoms with Crippen LogP contribution in [0.5, 0.6) is 11.9 Å². The van der Waals surface area contributed by atoms with E-state index in [4.69, 9.17) is 13.9 Å². The molecule has 0 saturated carbocycles. The normalized spacial score (nSPS) is 10.6. The van der Waals surface area contributed by atoms with Gasteiger partial charge in [-0.2, -0.15) is 9.97 Å². The van der Waals surface area contributed by atoms with E-state index in [-0.39, 0.29) is 11.4 Å². The zero-order valence-electron chi connectivity index (χ0n) is 11.5. The third kappa shape index (κ3) is 2.31. The number of fused-ring (bicyclic) bond motifs is 1. The zero-order chi connectivity index (χ0) is 14.8. The molecule has 6 nitrogen and oxygen atoms in total. The van der Waals surface area contributed by atoms with Gasteiger partial charge in [-0.25, -0.2) is 0 Å². The number of hydrogen-bond donors (Lipinski definition) is 0. The molecule has 0 saturated heterocycles. The van der Waals surface area contributed by atoms with Gasteiger partial charge < -0.3 is 13.9 Å². The minimum Gasteiger partial charge on any atom is -0.481 e. The summed E-state index contributed by atoms with van der Waals surface area (Å²) in [6, 6.07) is 8.72. The molecule has 0 radical (unpaired) electrons. The molecule has 0 spiro atoms. The van der Waals surface area contributed by atoms with Gasteiger partial charge in [0.25, 0.3) is 0 Å². The van der Waals surface area contributed by atoms with Crippen molar-refractivity contribution in [3.05, 3.63) is 46.8 Å². The largest absolute Gasteiger partial charge is 0.481 e. The average Bonchev–Trinajstić information content (AvgIpc) is 2.55. The lowest BCUT2D eigenvalue weighted by Gasteiger charge is -2.06. The molecule has 0 bridgehead atoms. The summed E-state index contributed by atoms with van der Waals surface area (Å²) in [4.78, 5) is 20.7. The topological polar surface area (TPSA) is 74.5 Å².